The van der Waals surface area contributed by atoms with E-state index in [1.807, 2.05) is 35.9 Å². The van der Waals surface area contributed by atoms with Crippen molar-refractivity contribution in [1.82, 2.24) is 14.7 Å². The van der Waals surface area contributed by atoms with Gasteiger partial charge in [0.15, 0.2) is 5.69 Å². The Hall–Kier alpha value is -2.15. The number of carbonyl (C=O) groups excluding carboxylic acids is 2. The van der Waals surface area contributed by atoms with Crippen LogP contribution in [0.2, 0.25) is 0 Å². The van der Waals surface area contributed by atoms with Crippen molar-refractivity contribution in [1.29, 1.82) is 0 Å². The van der Waals surface area contributed by atoms with Crippen LogP contribution in [0.25, 0.3) is 0 Å². The number of nitrogens with zero attached hydrogens (tertiary/aromatic N) is 3. The molecule has 1 aromatic carbocycles. The highest BCUT2D eigenvalue weighted by atomic mass is 79.9. The number of amides is 2. The van der Waals surface area contributed by atoms with Crippen LogP contribution in [-0.4, -0.2) is 40.1 Å². The lowest BCUT2D eigenvalue weighted by Crippen LogP contribution is -2.35. The van der Waals surface area contributed by atoms with Crippen molar-refractivity contribution < 1.29 is 9.59 Å². The molecule has 1 aliphatic rings. The summed E-state index contributed by atoms with van der Waals surface area (Å²) >= 11 is 3.41. The third-order valence-electron chi connectivity index (χ3n) is 4.78. The second-order valence-corrected chi connectivity index (χ2v) is 9.40. The molecule has 150 valence electrons. The van der Waals surface area contributed by atoms with E-state index < -0.39 is 0 Å². The molecule has 0 aliphatic heterocycles. The molecule has 0 unspecified atom stereocenters. The monoisotopic (exact) mass is 446 g/mol. The average molecular weight is 447 g/mol. The molecule has 0 atom stereocenters. The summed E-state index contributed by atoms with van der Waals surface area (Å²) in [4.78, 5) is 26.7. The molecule has 2 amide bonds. The van der Waals surface area contributed by atoms with Crippen LogP contribution < -0.4 is 5.32 Å². The molecular formula is C21H27BrN4O2. The van der Waals surface area contributed by atoms with Crippen molar-refractivity contribution in [2.75, 3.05) is 18.9 Å². The molecule has 7 heteroatoms. The Balaban J connectivity index is 1.69. The van der Waals surface area contributed by atoms with Crippen molar-refractivity contribution in [2.45, 2.75) is 52.0 Å². The summed E-state index contributed by atoms with van der Waals surface area (Å²) < 4.78 is 2.91. The van der Waals surface area contributed by atoms with E-state index in [0.29, 0.717) is 11.6 Å². The maximum Gasteiger partial charge on any atom is 0.274 e. The second-order valence-electron chi connectivity index (χ2n) is 8.48. The minimum Gasteiger partial charge on any atom is -0.331 e. The number of rotatable bonds is 5. The zero-order chi connectivity index (χ0) is 20.6. The zero-order valence-electron chi connectivity index (χ0n) is 17.0. The molecule has 0 saturated heterocycles. The van der Waals surface area contributed by atoms with E-state index in [9.17, 15) is 9.59 Å². The van der Waals surface area contributed by atoms with Crippen molar-refractivity contribution in [3.05, 3.63) is 45.7 Å². The molecule has 0 spiro atoms. The number of benzene rings is 1. The van der Waals surface area contributed by atoms with E-state index in [2.05, 4.69) is 47.1 Å². The largest absolute Gasteiger partial charge is 0.331 e. The predicted octanol–water partition coefficient (Wildman–Crippen LogP) is 4.30. The van der Waals surface area contributed by atoms with Gasteiger partial charge in [0.25, 0.3) is 5.91 Å². The van der Waals surface area contributed by atoms with Gasteiger partial charge in [-0.05, 0) is 70.4 Å². The highest BCUT2D eigenvalue weighted by Gasteiger charge is 2.33. The summed E-state index contributed by atoms with van der Waals surface area (Å²) in [5.74, 6) is 0.00813. The van der Waals surface area contributed by atoms with E-state index in [-0.39, 0.29) is 23.9 Å². The lowest BCUT2D eigenvalue weighted by atomic mass is 10.1. The SMILES string of the molecule is Cc1cc(Br)ccc1NC(=O)CN(C)C(=O)c1cc(C2CC2)n(C(C)(C)C)n1. The molecule has 28 heavy (non-hydrogen) atoms. The van der Waals surface area contributed by atoms with Gasteiger partial charge >= 0.3 is 0 Å². The summed E-state index contributed by atoms with van der Waals surface area (Å²) in [7, 11) is 1.63. The third-order valence-corrected chi connectivity index (χ3v) is 5.27. The van der Waals surface area contributed by atoms with Gasteiger partial charge < -0.3 is 10.2 Å². The molecule has 1 saturated carbocycles. The molecular weight excluding hydrogens is 420 g/mol. The number of carbonyl (C=O) groups is 2. The molecule has 1 aliphatic carbocycles. The first-order valence-corrected chi connectivity index (χ1v) is 10.3. The molecule has 0 bridgehead atoms. The van der Waals surface area contributed by atoms with Gasteiger partial charge in [0, 0.05) is 28.8 Å². The molecule has 2 aromatic rings. The fraction of sp³-hybridized carbons (Fsp3) is 0.476. The van der Waals surface area contributed by atoms with E-state index in [1.165, 1.54) is 4.90 Å². The minimum absolute atomic E-state index is 0.0323. The number of likely N-dealkylation sites (N-methyl/N-ethyl adjacent to an activating group) is 1. The topological polar surface area (TPSA) is 67.2 Å². The molecule has 1 N–H and O–H groups in total. The zero-order valence-corrected chi connectivity index (χ0v) is 18.6. The van der Waals surface area contributed by atoms with Crippen LogP contribution in [0.3, 0.4) is 0 Å². The first-order valence-electron chi connectivity index (χ1n) is 9.48. The fourth-order valence-electron chi connectivity index (χ4n) is 3.15. The summed E-state index contributed by atoms with van der Waals surface area (Å²) in [5.41, 5.74) is 3.01. The van der Waals surface area contributed by atoms with Crippen LogP contribution in [0.1, 0.15) is 61.3 Å². The number of aryl methyl sites for hydroxylation is 1. The quantitative estimate of drug-likeness (QED) is 0.744. The summed E-state index contributed by atoms with van der Waals surface area (Å²) in [6.45, 7) is 8.14. The Kier molecular flexibility index (Phi) is 5.66. The molecule has 0 radical (unpaired) electrons. The Labute approximate surface area is 174 Å². The van der Waals surface area contributed by atoms with Crippen molar-refractivity contribution in [3.8, 4) is 0 Å². The number of hydrogen-bond acceptors (Lipinski definition) is 3. The molecule has 3 rings (SSSR count). The fourth-order valence-corrected chi connectivity index (χ4v) is 3.62. The molecule has 1 aromatic heterocycles. The van der Waals surface area contributed by atoms with Gasteiger partial charge in [-0.2, -0.15) is 5.10 Å². The van der Waals surface area contributed by atoms with Crippen LogP contribution in [0, 0.1) is 6.92 Å². The van der Waals surface area contributed by atoms with Crippen LogP contribution in [0.4, 0.5) is 5.69 Å². The molecule has 6 nitrogen and oxygen atoms in total. The maximum atomic E-state index is 12.8. The summed E-state index contributed by atoms with van der Waals surface area (Å²) in [5, 5.41) is 7.43. The Morgan fingerprint density at radius 2 is 1.96 bits per heavy atom. The lowest BCUT2D eigenvalue weighted by molar-refractivity contribution is -0.116. The number of anilines is 1. The highest BCUT2D eigenvalue weighted by molar-refractivity contribution is 9.10. The van der Waals surface area contributed by atoms with Crippen LogP contribution in [0.15, 0.2) is 28.7 Å². The first-order chi connectivity index (χ1) is 13.1. The van der Waals surface area contributed by atoms with Crippen molar-refractivity contribution in [3.63, 3.8) is 0 Å². The number of aromatic nitrogens is 2. The van der Waals surface area contributed by atoms with Gasteiger partial charge in [0.05, 0.1) is 12.1 Å². The van der Waals surface area contributed by atoms with E-state index >= 15 is 0 Å². The van der Waals surface area contributed by atoms with Gasteiger partial charge in [-0.1, -0.05) is 15.9 Å². The molecule has 1 fully saturated rings. The van der Waals surface area contributed by atoms with E-state index in [1.54, 1.807) is 7.05 Å². The predicted molar refractivity (Wildman–Crippen MR) is 114 cm³/mol. The van der Waals surface area contributed by atoms with E-state index in [0.717, 1.165) is 34.3 Å². The second kappa shape index (κ2) is 7.70. The summed E-state index contributed by atoms with van der Waals surface area (Å²) in [6, 6.07) is 7.53. The molecule has 1 heterocycles. The van der Waals surface area contributed by atoms with Gasteiger partial charge in [-0.3, -0.25) is 14.3 Å². The maximum absolute atomic E-state index is 12.8. The number of nitrogens with one attached hydrogen (secondary N) is 1. The van der Waals surface area contributed by atoms with Crippen LogP contribution in [0.5, 0.6) is 0 Å². The van der Waals surface area contributed by atoms with E-state index in [4.69, 9.17) is 0 Å². The standard InChI is InChI=1S/C21H27BrN4O2/c1-13-10-15(22)8-9-16(13)23-19(27)12-25(5)20(28)17-11-18(14-6-7-14)26(24-17)21(2,3)4/h8-11,14H,6-7,12H2,1-5H3,(H,23,27). The van der Waals surface area contributed by atoms with Crippen LogP contribution >= 0.6 is 15.9 Å². The number of halogens is 1. The average Bonchev–Trinajstić information content (AvgIpc) is 3.33. The highest BCUT2D eigenvalue weighted by Crippen LogP contribution is 2.41. The normalized spacial score (nSPS) is 14.1. The third kappa shape index (κ3) is 4.63. The van der Waals surface area contributed by atoms with Crippen molar-refractivity contribution in [2.24, 2.45) is 0 Å². The lowest BCUT2D eigenvalue weighted by Gasteiger charge is -2.22. The van der Waals surface area contributed by atoms with Gasteiger partial charge in [-0.25, -0.2) is 0 Å². The minimum atomic E-state index is -0.243. The van der Waals surface area contributed by atoms with Gasteiger partial charge in [0.2, 0.25) is 5.91 Å². The first kappa shape index (κ1) is 20.6. The van der Waals surface area contributed by atoms with Crippen molar-refractivity contribution >= 4 is 33.4 Å². The Morgan fingerprint density at radius 1 is 1.29 bits per heavy atom. The Morgan fingerprint density at radius 3 is 2.54 bits per heavy atom. The smallest absolute Gasteiger partial charge is 0.274 e. The Bertz CT molecular complexity index is 910. The van der Waals surface area contributed by atoms with Gasteiger partial charge in [0.1, 0.15) is 0 Å². The van der Waals surface area contributed by atoms with Gasteiger partial charge in [-0.15, -0.1) is 0 Å². The number of hydrogen-bond donors (Lipinski definition) is 1. The summed E-state index contributed by atoms with van der Waals surface area (Å²) in [6.07, 6.45) is 2.28. The van der Waals surface area contributed by atoms with Crippen LogP contribution in [-0.2, 0) is 10.3 Å².